The van der Waals surface area contributed by atoms with Crippen LogP contribution in [0.1, 0.15) is 11.1 Å². The average Bonchev–Trinajstić information content (AvgIpc) is 2.39. The predicted octanol–water partition coefficient (Wildman–Crippen LogP) is 3.69. The van der Waals surface area contributed by atoms with Gasteiger partial charge in [-0.3, -0.25) is 0 Å². The van der Waals surface area contributed by atoms with Crippen molar-refractivity contribution in [1.29, 1.82) is 0 Å². The minimum absolute atomic E-state index is 0.258. The normalized spacial score (nSPS) is 11.6. The molecule has 21 heavy (non-hydrogen) atoms. The van der Waals surface area contributed by atoms with Crippen LogP contribution in [-0.4, -0.2) is 14.7 Å². The third-order valence-corrected chi connectivity index (χ3v) is 4.77. The zero-order chi connectivity index (χ0) is 15.5. The average molecular weight is 344 g/mol. The molecule has 0 aliphatic carbocycles. The minimum atomic E-state index is -3.30. The number of sulfone groups is 1. The molecule has 0 saturated carbocycles. The molecular formula is C15H15Cl2NO2S. The van der Waals surface area contributed by atoms with E-state index >= 15 is 0 Å². The van der Waals surface area contributed by atoms with E-state index < -0.39 is 9.84 Å². The zero-order valence-electron chi connectivity index (χ0n) is 11.4. The summed E-state index contributed by atoms with van der Waals surface area (Å²) in [5.41, 5.74) is 1.61. The van der Waals surface area contributed by atoms with Gasteiger partial charge in [0.15, 0.2) is 9.84 Å². The van der Waals surface area contributed by atoms with Gasteiger partial charge >= 0.3 is 0 Å². The quantitative estimate of drug-likeness (QED) is 0.900. The molecule has 0 heterocycles. The molecule has 0 spiro atoms. The SMILES string of the molecule is CS(=O)(=O)c1cccc(Cl)c1CNCc1cccc(Cl)c1. The first-order valence-corrected chi connectivity index (χ1v) is 8.95. The van der Waals surface area contributed by atoms with Crippen LogP contribution in [0.5, 0.6) is 0 Å². The molecule has 0 radical (unpaired) electrons. The van der Waals surface area contributed by atoms with Crippen LogP contribution in [0, 0.1) is 0 Å². The van der Waals surface area contributed by atoms with Crippen LogP contribution >= 0.6 is 23.2 Å². The van der Waals surface area contributed by atoms with Crippen LogP contribution in [0.15, 0.2) is 47.4 Å². The van der Waals surface area contributed by atoms with Gasteiger partial charge in [0, 0.05) is 35.0 Å². The van der Waals surface area contributed by atoms with Crippen LogP contribution in [0.4, 0.5) is 0 Å². The maximum absolute atomic E-state index is 11.8. The molecule has 0 aliphatic rings. The van der Waals surface area contributed by atoms with Crippen LogP contribution in [0.3, 0.4) is 0 Å². The first kappa shape index (κ1) is 16.3. The van der Waals surface area contributed by atoms with E-state index in [2.05, 4.69) is 5.32 Å². The molecule has 6 heteroatoms. The number of rotatable bonds is 5. The standard InChI is InChI=1S/C15H15Cl2NO2S/c1-21(19,20)15-7-3-6-14(17)13(15)10-18-9-11-4-2-5-12(16)8-11/h2-8,18H,9-10H2,1H3. The second-order valence-corrected chi connectivity index (χ2v) is 7.55. The fourth-order valence-electron chi connectivity index (χ4n) is 2.04. The highest BCUT2D eigenvalue weighted by atomic mass is 35.5. The van der Waals surface area contributed by atoms with Gasteiger partial charge in [-0.1, -0.05) is 41.4 Å². The predicted molar refractivity (Wildman–Crippen MR) is 86.6 cm³/mol. The van der Waals surface area contributed by atoms with Crippen LogP contribution in [0.2, 0.25) is 10.0 Å². The molecular weight excluding hydrogens is 329 g/mol. The van der Waals surface area contributed by atoms with Gasteiger partial charge in [0.1, 0.15) is 0 Å². The van der Waals surface area contributed by atoms with Gasteiger partial charge < -0.3 is 5.32 Å². The number of halogens is 2. The van der Waals surface area contributed by atoms with Crippen molar-refractivity contribution in [2.75, 3.05) is 6.26 Å². The van der Waals surface area contributed by atoms with E-state index in [1.54, 1.807) is 24.3 Å². The lowest BCUT2D eigenvalue weighted by atomic mass is 10.2. The van der Waals surface area contributed by atoms with E-state index in [9.17, 15) is 8.42 Å². The summed E-state index contributed by atoms with van der Waals surface area (Å²) in [5.74, 6) is 0. The second-order valence-electron chi connectivity index (χ2n) is 4.72. The molecule has 0 aliphatic heterocycles. The zero-order valence-corrected chi connectivity index (χ0v) is 13.8. The molecule has 0 saturated heterocycles. The summed E-state index contributed by atoms with van der Waals surface area (Å²) in [5, 5.41) is 4.30. The number of hydrogen-bond donors (Lipinski definition) is 1. The number of nitrogens with one attached hydrogen (secondary N) is 1. The molecule has 2 aromatic carbocycles. The molecule has 3 nitrogen and oxygen atoms in total. The van der Waals surface area contributed by atoms with Crippen molar-refractivity contribution in [3.8, 4) is 0 Å². The highest BCUT2D eigenvalue weighted by Crippen LogP contribution is 2.24. The van der Waals surface area contributed by atoms with Gasteiger partial charge in [-0.05, 0) is 29.8 Å². The van der Waals surface area contributed by atoms with Gasteiger partial charge in [-0.2, -0.15) is 0 Å². The number of benzene rings is 2. The van der Waals surface area contributed by atoms with E-state index in [4.69, 9.17) is 23.2 Å². The Hall–Kier alpha value is -1.07. The van der Waals surface area contributed by atoms with E-state index in [0.29, 0.717) is 28.7 Å². The van der Waals surface area contributed by atoms with Crippen molar-refractivity contribution in [2.45, 2.75) is 18.0 Å². The Kier molecular flexibility index (Phi) is 5.27. The fraction of sp³-hybridized carbons (Fsp3) is 0.200. The highest BCUT2D eigenvalue weighted by Gasteiger charge is 2.15. The lowest BCUT2D eigenvalue weighted by Crippen LogP contribution is -2.15. The van der Waals surface area contributed by atoms with E-state index in [1.165, 1.54) is 6.26 Å². The summed E-state index contributed by atoms with van der Waals surface area (Å²) in [4.78, 5) is 0.258. The van der Waals surface area contributed by atoms with Crippen LogP contribution in [0.25, 0.3) is 0 Å². The summed E-state index contributed by atoms with van der Waals surface area (Å²) in [7, 11) is -3.30. The van der Waals surface area contributed by atoms with Crippen molar-refractivity contribution < 1.29 is 8.42 Å². The Morgan fingerprint density at radius 2 is 1.76 bits per heavy atom. The first-order valence-electron chi connectivity index (χ1n) is 6.30. The topological polar surface area (TPSA) is 46.2 Å². The summed E-state index contributed by atoms with van der Waals surface area (Å²) < 4.78 is 23.6. The van der Waals surface area contributed by atoms with E-state index in [1.807, 2.05) is 18.2 Å². The maximum Gasteiger partial charge on any atom is 0.175 e. The van der Waals surface area contributed by atoms with Gasteiger partial charge in [0.25, 0.3) is 0 Å². The minimum Gasteiger partial charge on any atom is -0.309 e. The van der Waals surface area contributed by atoms with E-state index in [-0.39, 0.29) is 4.90 Å². The summed E-state index contributed by atoms with van der Waals surface area (Å²) in [6, 6.07) is 12.4. The Balaban J connectivity index is 2.14. The summed E-state index contributed by atoms with van der Waals surface area (Å²) >= 11 is 12.0. The summed E-state index contributed by atoms with van der Waals surface area (Å²) in [6.07, 6.45) is 1.18. The smallest absolute Gasteiger partial charge is 0.175 e. The molecule has 0 fully saturated rings. The Morgan fingerprint density at radius 3 is 2.43 bits per heavy atom. The molecule has 2 aromatic rings. The Bertz CT molecular complexity index is 745. The van der Waals surface area contributed by atoms with Crippen molar-refractivity contribution in [2.24, 2.45) is 0 Å². The molecule has 1 N–H and O–H groups in total. The largest absolute Gasteiger partial charge is 0.309 e. The molecule has 0 unspecified atom stereocenters. The number of hydrogen-bond acceptors (Lipinski definition) is 3. The second kappa shape index (κ2) is 6.79. The van der Waals surface area contributed by atoms with Gasteiger partial charge in [0.05, 0.1) is 4.90 Å². The van der Waals surface area contributed by atoms with Crippen molar-refractivity contribution in [1.82, 2.24) is 5.32 Å². The van der Waals surface area contributed by atoms with Crippen LogP contribution < -0.4 is 5.32 Å². The third-order valence-electron chi connectivity index (χ3n) is 3.00. The lowest BCUT2D eigenvalue weighted by Gasteiger charge is -2.11. The van der Waals surface area contributed by atoms with Crippen molar-refractivity contribution in [3.63, 3.8) is 0 Å². The molecule has 112 valence electrons. The first-order chi connectivity index (χ1) is 9.88. The Morgan fingerprint density at radius 1 is 1.05 bits per heavy atom. The Labute approximate surface area is 134 Å². The van der Waals surface area contributed by atoms with Crippen molar-refractivity contribution >= 4 is 33.0 Å². The van der Waals surface area contributed by atoms with Crippen LogP contribution in [-0.2, 0) is 22.9 Å². The molecule has 2 rings (SSSR count). The summed E-state index contributed by atoms with van der Waals surface area (Å²) in [6.45, 7) is 0.948. The molecule has 0 aromatic heterocycles. The highest BCUT2D eigenvalue weighted by molar-refractivity contribution is 7.90. The van der Waals surface area contributed by atoms with Crippen molar-refractivity contribution in [3.05, 3.63) is 63.6 Å². The molecule has 0 bridgehead atoms. The van der Waals surface area contributed by atoms with E-state index in [0.717, 1.165) is 5.56 Å². The fourth-order valence-corrected chi connectivity index (χ4v) is 3.50. The lowest BCUT2D eigenvalue weighted by molar-refractivity contribution is 0.598. The maximum atomic E-state index is 11.8. The van der Waals surface area contributed by atoms with Gasteiger partial charge in [-0.25, -0.2) is 8.42 Å². The molecule has 0 atom stereocenters. The van der Waals surface area contributed by atoms with Gasteiger partial charge in [-0.15, -0.1) is 0 Å². The third kappa shape index (κ3) is 4.45. The molecule has 0 amide bonds. The monoisotopic (exact) mass is 343 g/mol. The van der Waals surface area contributed by atoms with Gasteiger partial charge in [0.2, 0.25) is 0 Å².